The fraction of sp³-hybridized carbons (Fsp3) is 0.150. The Kier molecular flexibility index (Phi) is 5.03. The van der Waals surface area contributed by atoms with Crippen molar-refractivity contribution >= 4 is 21.5 Å². The van der Waals surface area contributed by atoms with Gasteiger partial charge in [0, 0.05) is 12.6 Å². The van der Waals surface area contributed by atoms with Crippen LogP contribution in [0.1, 0.15) is 5.56 Å². The van der Waals surface area contributed by atoms with Crippen molar-refractivity contribution < 1.29 is 17.9 Å². The minimum atomic E-state index is -3.78. The Hall–Kier alpha value is -3.26. The van der Waals surface area contributed by atoms with Gasteiger partial charge in [-0.2, -0.15) is 0 Å². The smallest absolute Gasteiger partial charge is 0.263 e. The number of aromatic nitrogens is 1. The van der Waals surface area contributed by atoms with Gasteiger partial charge < -0.3 is 14.8 Å². The molecule has 0 fully saturated rings. The van der Waals surface area contributed by atoms with E-state index in [1.807, 2.05) is 30.3 Å². The third-order valence-corrected chi connectivity index (χ3v) is 5.52. The Morgan fingerprint density at radius 3 is 2.46 bits per heavy atom. The molecule has 0 radical (unpaired) electrons. The molecule has 0 spiro atoms. The molecule has 0 unspecified atom stereocenters. The molecule has 0 saturated heterocycles. The van der Waals surface area contributed by atoms with Crippen LogP contribution >= 0.6 is 0 Å². The van der Waals surface area contributed by atoms with Crippen molar-refractivity contribution in [3.05, 3.63) is 72.4 Å². The maximum absolute atomic E-state index is 12.6. The van der Waals surface area contributed by atoms with Crippen molar-refractivity contribution in [3.8, 4) is 11.5 Å². The number of pyridine rings is 1. The number of nitrogens with zero attached hydrogens (tertiary/aromatic N) is 1. The van der Waals surface area contributed by atoms with Gasteiger partial charge >= 0.3 is 0 Å². The number of anilines is 2. The first-order valence-electron chi connectivity index (χ1n) is 8.76. The Labute approximate surface area is 163 Å². The molecule has 4 rings (SSSR count). The van der Waals surface area contributed by atoms with E-state index in [4.69, 9.17) is 9.47 Å². The SMILES string of the molecule is O=S(=O)(Nc1ccc(NCc2ccccc2)cn1)c1ccc2c(c1)OCCO2. The van der Waals surface area contributed by atoms with Gasteiger partial charge in [0.25, 0.3) is 10.0 Å². The predicted molar refractivity (Wildman–Crippen MR) is 106 cm³/mol. The highest BCUT2D eigenvalue weighted by Gasteiger charge is 2.19. The van der Waals surface area contributed by atoms with Gasteiger partial charge in [-0.15, -0.1) is 0 Å². The van der Waals surface area contributed by atoms with Gasteiger partial charge in [-0.25, -0.2) is 13.4 Å². The lowest BCUT2D eigenvalue weighted by atomic mass is 10.2. The number of fused-ring (bicyclic) bond motifs is 1. The summed E-state index contributed by atoms with van der Waals surface area (Å²) in [5.74, 6) is 1.19. The minimum absolute atomic E-state index is 0.0878. The highest BCUT2D eigenvalue weighted by molar-refractivity contribution is 7.92. The van der Waals surface area contributed by atoms with Crippen LogP contribution in [0.5, 0.6) is 11.5 Å². The third-order valence-electron chi connectivity index (χ3n) is 4.17. The summed E-state index contributed by atoms with van der Waals surface area (Å²) in [6.07, 6.45) is 1.59. The van der Waals surface area contributed by atoms with E-state index in [9.17, 15) is 8.42 Å². The lowest BCUT2D eigenvalue weighted by Crippen LogP contribution is -2.17. The summed E-state index contributed by atoms with van der Waals surface area (Å²) in [7, 11) is -3.78. The Balaban J connectivity index is 1.43. The first-order valence-corrected chi connectivity index (χ1v) is 10.2. The fourth-order valence-electron chi connectivity index (χ4n) is 2.75. The van der Waals surface area contributed by atoms with E-state index in [0.29, 0.717) is 31.3 Å². The number of ether oxygens (including phenoxy) is 2. The average molecular weight is 397 g/mol. The molecule has 1 aromatic heterocycles. The van der Waals surface area contributed by atoms with Crippen molar-refractivity contribution in [1.82, 2.24) is 4.98 Å². The van der Waals surface area contributed by atoms with Gasteiger partial charge in [0.05, 0.1) is 16.8 Å². The van der Waals surface area contributed by atoms with Crippen LogP contribution in [0.3, 0.4) is 0 Å². The standard InChI is InChI=1S/C20H19N3O4S/c24-28(25,17-7-8-18-19(12-17)27-11-10-26-18)23-20-9-6-16(14-22-20)21-13-15-4-2-1-3-5-15/h1-9,12,14,21H,10-11,13H2,(H,22,23). The molecule has 2 N–H and O–H groups in total. The highest BCUT2D eigenvalue weighted by atomic mass is 32.2. The molecule has 0 atom stereocenters. The average Bonchev–Trinajstić information content (AvgIpc) is 2.73. The minimum Gasteiger partial charge on any atom is -0.486 e. The topological polar surface area (TPSA) is 89.6 Å². The molecular weight excluding hydrogens is 378 g/mol. The number of hydrogen-bond acceptors (Lipinski definition) is 6. The van der Waals surface area contributed by atoms with Gasteiger partial charge in [-0.05, 0) is 29.8 Å². The molecule has 0 bridgehead atoms. The molecule has 0 saturated carbocycles. The van der Waals surface area contributed by atoms with E-state index in [-0.39, 0.29) is 10.7 Å². The zero-order valence-corrected chi connectivity index (χ0v) is 15.8. The van der Waals surface area contributed by atoms with Crippen molar-refractivity contribution in [2.75, 3.05) is 23.3 Å². The van der Waals surface area contributed by atoms with Crippen LogP contribution in [0.4, 0.5) is 11.5 Å². The zero-order valence-electron chi connectivity index (χ0n) is 15.0. The molecule has 2 aromatic carbocycles. The predicted octanol–water partition coefficient (Wildman–Crippen LogP) is 3.27. The molecule has 28 heavy (non-hydrogen) atoms. The summed E-state index contributed by atoms with van der Waals surface area (Å²) in [5.41, 5.74) is 1.94. The summed E-state index contributed by atoms with van der Waals surface area (Å²) in [4.78, 5) is 4.27. The Morgan fingerprint density at radius 2 is 1.71 bits per heavy atom. The van der Waals surface area contributed by atoms with Crippen molar-refractivity contribution in [1.29, 1.82) is 0 Å². The summed E-state index contributed by atoms with van der Waals surface area (Å²) in [6, 6.07) is 17.9. The van der Waals surface area contributed by atoms with Crippen molar-refractivity contribution in [2.24, 2.45) is 0 Å². The van der Waals surface area contributed by atoms with Gasteiger partial charge in [0.1, 0.15) is 19.0 Å². The number of benzene rings is 2. The van der Waals surface area contributed by atoms with Crippen LogP contribution < -0.4 is 19.5 Å². The Morgan fingerprint density at radius 1 is 0.929 bits per heavy atom. The molecule has 0 aliphatic carbocycles. The summed E-state index contributed by atoms with van der Waals surface area (Å²) in [5, 5.41) is 3.25. The lowest BCUT2D eigenvalue weighted by Gasteiger charge is -2.19. The molecule has 3 aromatic rings. The largest absolute Gasteiger partial charge is 0.486 e. The first-order chi connectivity index (χ1) is 13.6. The van der Waals surface area contributed by atoms with E-state index in [1.54, 1.807) is 24.4 Å². The van der Waals surface area contributed by atoms with Crippen LogP contribution in [0, 0.1) is 0 Å². The van der Waals surface area contributed by atoms with Gasteiger partial charge in [-0.1, -0.05) is 30.3 Å². The van der Waals surface area contributed by atoms with Crippen molar-refractivity contribution in [3.63, 3.8) is 0 Å². The monoisotopic (exact) mass is 397 g/mol. The first kappa shape index (κ1) is 18.1. The van der Waals surface area contributed by atoms with E-state index in [1.165, 1.54) is 12.1 Å². The number of nitrogens with one attached hydrogen (secondary N) is 2. The van der Waals surface area contributed by atoms with Gasteiger partial charge in [0.15, 0.2) is 11.5 Å². The van der Waals surface area contributed by atoms with Gasteiger partial charge in [0.2, 0.25) is 0 Å². The molecule has 2 heterocycles. The van der Waals surface area contributed by atoms with Gasteiger partial charge in [-0.3, -0.25) is 4.72 Å². The number of rotatable bonds is 6. The molecule has 144 valence electrons. The zero-order chi connectivity index (χ0) is 19.4. The summed E-state index contributed by atoms with van der Waals surface area (Å²) in [6.45, 7) is 1.50. The van der Waals surface area contributed by atoms with E-state index in [2.05, 4.69) is 15.0 Å². The lowest BCUT2D eigenvalue weighted by molar-refractivity contribution is 0.171. The van der Waals surface area contributed by atoms with E-state index in [0.717, 1.165) is 11.3 Å². The second-order valence-corrected chi connectivity index (χ2v) is 7.86. The normalized spacial score (nSPS) is 13.0. The van der Waals surface area contributed by atoms with E-state index < -0.39 is 10.0 Å². The molecular formula is C20H19N3O4S. The quantitative estimate of drug-likeness (QED) is 0.664. The number of hydrogen-bond donors (Lipinski definition) is 2. The molecule has 8 heteroatoms. The second kappa shape index (κ2) is 7.77. The number of sulfonamides is 1. The highest BCUT2D eigenvalue weighted by Crippen LogP contribution is 2.32. The van der Waals surface area contributed by atoms with Crippen LogP contribution in [-0.2, 0) is 16.6 Å². The Bertz CT molecular complexity index is 1050. The fourth-order valence-corrected chi connectivity index (χ4v) is 3.77. The third kappa shape index (κ3) is 4.17. The second-order valence-electron chi connectivity index (χ2n) is 6.18. The maximum atomic E-state index is 12.6. The van der Waals surface area contributed by atoms with Crippen LogP contribution in [-0.4, -0.2) is 26.6 Å². The van der Waals surface area contributed by atoms with E-state index >= 15 is 0 Å². The van der Waals surface area contributed by atoms with Crippen molar-refractivity contribution in [2.45, 2.75) is 11.4 Å². The maximum Gasteiger partial charge on any atom is 0.263 e. The summed E-state index contributed by atoms with van der Waals surface area (Å²) < 4.78 is 38.6. The van der Waals surface area contributed by atoms with Crippen LogP contribution in [0.2, 0.25) is 0 Å². The molecule has 1 aliphatic heterocycles. The van der Waals surface area contributed by atoms with Crippen LogP contribution in [0.25, 0.3) is 0 Å². The summed E-state index contributed by atoms with van der Waals surface area (Å²) >= 11 is 0. The van der Waals surface area contributed by atoms with Crippen LogP contribution in [0.15, 0.2) is 71.8 Å². The molecule has 0 amide bonds. The molecule has 1 aliphatic rings. The molecule has 7 nitrogen and oxygen atoms in total.